The monoisotopic (exact) mass is 241 g/mol. The van der Waals surface area contributed by atoms with Crippen molar-refractivity contribution in [1.29, 1.82) is 0 Å². The Morgan fingerprint density at radius 3 is 2.24 bits per heavy atom. The molecule has 0 radical (unpaired) electrons. The summed E-state index contributed by atoms with van der Waals surface area (Å²) < 4.78 is 0. The van der Waals surface area contributed by atoms with Crippen LogP contribution in [0.1, 0.15) is 34.1 Å². The molecule has 17 heavy (non-hydrogen) atoms. The molecule has 0 aromatic rings. The maximum atomic E-state index is 3.52. The zero-order chi connectivity index (χ0) is 12.7. The molecule has 0 bridgehead atoms. The normalized spacial score (nSPS) is 21.0. The Morgan fingerprint density at radius 2 is 1.71 bits per heavy atom. The molecule has 1 unspecified atom stereocenters. The van der Waals surface area contributed by atoms with Crippen LogP contribution in [-0.4, -0.2) is 61.7 Å². The Kier molecular flexibility index (Phi) is 7.09. The van der Waals surface area contributed by atoms with Crippen molar-refractivity contribution in [3.63, 3.8) is 0 Å². The zero-order valence-electron chi connectivity index (χ0n) is 12.2. The van der Waals surface area contributed by atoms with Crippen LogP contribution in [0.4, 0.5) is 0 Å². The minimum absolute atomic E-state index is 0.760. The van der Waals surface area contributed by atoms with Crippen LogP contribution in [0.2, 0.25) is 0 Å². The number of hydrogen-bond donors (Lipinski definition) is 1. The van der Waals surface area contributed by atoms with E-state index in [2.05, 4.69) is 42.8 Å². The zero-order valence-corrected chi connectivity index (χ0v) is 12.2. The Hall–Kier alpha value is -0.120. The van der Waals surface area contributed by atoms with Crippen LogP contribution in [-0.2, 0) is 0 Å². The van der Waals surface area contributed by atoms with Crippen LogP contribution >= 0.6 is 0 Å². The summed E-state index contributed by atoms with van der Waals surface area (Å²) in [6, 6.07) is 0.760. The first-order chi connectivity index (χ1) is 8.13. The van der Waals surface area contributed by atoms with Gasteiger partial charge in [-0.05, 0) is 25.8 Å². The minimum Gasteiger partial charge on any atom is -0.315 e. The van der Waals surface area contributed by atoms with Crippen LogP contribution in [0.15, 0.2) is 0 Å². The molecule has 1 aliphatic rings. The highest BCUT2D eigenvalue weighted by Gasteiger charge is 2.19. The van der Waals surface area contributed by atoms with Gasteiger partial charge >= 0.3 is 0 Å². The lowest BCUT2D eigenvalue weighted by atomic mass is 10.2. The van der Waals surface area contributed by atoms with Crippen molar-refractivity contribution in [3.05, 3.63) is 0 Å². The van der Waals surface area contributed by atoms with Crippen molar-refractivity contribution < 1.29 is 0 Å². The number of rotatable bonds is 7. The molecule has 3 heteroatoms. The lowest BCUT2D eigenvalue weighted by molar-refractivity contribution is 0.101. The molecule has 1 heterocycles. The molecule has 1 fully saturated rings. The van der Waals surface area contributed by atoms with Crippen molar-refractivity contribution in [2.24, 2.45) is 5.92 Å². The van der Waals surface area contributed by atoms with Crippen molar-refractivity contribution in [2.45, 2.75) is 40.2 Å². The number of piperazine rings is 1. The summed E-state index contributed by atoms with van der Waals surface area (Å²) in [4.78, 5) is 5.21. The van der Waals surface area contributed by atoms with Crippen LogP contribution in [0.25, 0.3) is 0 Å². The highest BCUT2D eigenvalue weighted by Crippen LogP contribution is 2.08. The van der Waals surface area contributed by atoms with E-state index in [1.54, 1.807) is 0 Å². The van der Waals surface area contributed by atoms with E-state index in [-0.39, 0.29) is 0 Å². The van der Waals surface area contributed by atoms with Gasteiger partial charge in [-0.15, -0.1) is 0 Å². The maximum Gasteiger partial charge on any atom is 0.0113 e. The molecule has 0 spiro atoms. The molecule has 0 aromatic carbocycles. The highest BCUT2D eigenvalue weighted by molar-refractivity contribution is 4.75. The fraction of sp³-hybridized carbons (Fsp3) is 1.00. The fourth-order valence-electron chi connectivity index (χ4n) is 2.31. The van der Waals surface area contributed by atoms with E-state index in [4.69, 9.17) is 0 Å². The molecule has 3 nitrogen and oxygen atoms in total. The van der Waals surface area contributed by atoms with Gasteiger partial charge in [0.2, 0.25) is 0 Å². The molecule has 0 saturated carbocycles. The fourth-order valence-corrected chi connectivity index (χ4v) is 2.31. The largest absolute Gasteiger partial charge is 0.315 e. The summed E-state index contributed by atoms with van der Waals surface area (Å²) in [5, 5.41) is 3.52. The molecule has 1 rings (SSSR count). The molecular formula is C14H31N3. The molecular weight excluding hydrogens is 210 g/mol. The topological polar surface area (TPSA) is 18.5 Å². The average molecular weight is 241 g/mol. The predicted molar refractivity (Wildman–Crippen MR) is 75.5 cm³/mol. The van der Waals surface area contributed by atoms with Gasteiger partial charge in [0.05, 0.1) is 0 Å². The second kappa shape index (κ2) is 8.06. The summed E-state index contributed by atoms with van der Waals surface area (Å²) in [6.07, 6.45) is 1.27. The van der Waals surface area contributed by atoms with Gasteiger partial charge in [-0.1, -0.05) is 20.8 Å². The Labute approximate surface area is 108 Å². The van der Waals surface area contributed by atoms with Gasteiger partial charge in [-0.2, -0.15) is 0 Å². The van der Waals surface area contributed by atoms with Gasteiger partial charge in [0.1, 0.15) is 0 Å². The molecule has 1 atom stereocenters. The van der Waals surface area contributed by atoms with Crippen LogP contribution in [0.3, 0.4) is 0 Å². The molecule has 1 saturated heterocycles. The summed E-state index contributed by atoms with van der Waals surface area (Å²) in [6.45, 7) is 17.6. The van der Waals surface area contributed by atoms with E-state index in [0.717, 1.165) is 25.0 Å². The van der Waals surface area contributed by atoms with E-state index < -0.39 is 0 Å². The Balaban J connectivity index is 2.07. The van der Waals surface area contributed by atoms with Crippen LogP contribution < -0.4 is 5.32 Å². The summed E-state index contributed by atoms with van der Waals surface area (Å²) in [5.74, 6) is 0.761. The highest BCUT2D eigenvalue weighted by atomic mass is 15.3. The van der Waals surface area contributed by atoms with E-state index >= 15 is 0 Å². The van der Waals surface area contributed by atoms with Gasteiger partial charge in [-0.3, -0.25) is 9.80 Å². The quantitative estimate of drug-likeness (QED) is 0.684. The number of nitrogens with one attached hydrogen (secondary N) is 1. The third-order valence-corrected chi connectivity index (χ3v) is 3.78. The molecule has 1 N–H and O–H groups in total. The molecule has 1 aliphatic heterocycles. The van der Waals surface area contributed by atoms with E-state index in [1.807, 2.05) is 0 Å². The maximum absolute atomic E-state index is 3.52. The number of hydrogen-bond acceptors (Lipinski definition) is 3. The van der Waals surface area contributed by atoms with Crippen molar-refractivity contribution in [1.82, 2.24) is 15.1 Å². The van der Waals surface area contributed by atoms with Crippen molar-refractivity contribution in [2.75, 3.05) is 45.8 Å². The Bertz CT molecular complexity index is 186. The minimum atomic E-state index is 0.760. The molecule has 0 amide bonds. The molecule has 0 aliphatic carbocycles. The predicted octanol–water partition coefficient (Wildman–Crippen LogP) is 1.65. The second-order valence-corrected chi connectivity index (χ2v) is 5.73. The smallest absolute Gasteiger partial charge is 0.0113 e. The van der Waals surface area contributed by atoms with E-state index in [1.165, 1.54) is 39.1 Å². The van der Waals surface area contributed by atoms with E-state index in [9.17, 15) is 0 Å². The summed E-state index contributed by atoms with van der Waals surface area (Å²) in [7, 11) is 0. The van der Waals surface area contributed by atoms with Crippen molar-refractivity contribution in [3.8, 4) is 0 Å². The van der Waals surface area contributed by atoms with E-state index in [0.29, 0.717) is 0 Å². The molecule has 102 valence electrons. The van der Waals surface area contributed by atoms with Crippen LogP contribution in [0, 0.1) is 5.92 Å². The summed E-state index contributed by atoms with van der Waals surface area (Å²) >= 11 is 0. The van der Waals surface area contributed by atoms with Gasteiger partial charge in [0.25, 0.3) is 0 Å². The Morgan fingerprint density at radius 1 is 1.06 bits per heavy atom. The number of nitrogens with zero attached hydrogens (tertiary/aromatic N) is 2. The SMILES string of the molecule is CCC(C)N1CCN(CCNCC(C)C)CC1. The second-order valence-electron chi connectivity index (χ2n) is 5.73. The first-order valence-corrected chi connectivity index (χ1v) is 7.30. The standard InChI is InChI=1S/C14H31N3/c1-5-14(4)17-10-8-16(9-11-17)7-6-15-12-13(2)3/h13-15H,5-12H2,1-4H3. The lowest BCUT2D eigenvalue weighted by Crippen LogP contribution is -2.50. The third-order valence-electron chi connectivity index (χ3n) is 3.78. The first kappa shape index (κ1) is 14.9. The van der Waals surface area contributed by atoms with Gasteiger partial charge < -0.3 is 5.32 Å². The average Bonchev–Trinajstić information content (AvgIpc) is 2.34. The van der Waals surface area contributed by atoms with Gasteiger partial charge in [-0.25, -0.2) is 0 Å². The lowest BCUT2D eigenvalue weighted by Gasteiger charge is -2.37. The summed E-state index contributed by atoms with van der Waals surface area (Å²) in [5.41, 5.74) is 0. The van der Waals surface area contributed by atoms with Crippen molar-refractivity contribution >= 4 is 0 Å². The van der Waals surface area contributed by atoms with Crippen LogP contribution in [0.5, 0.6) is 0 Å². The van der Waals surface area contributed by atoms with Gasteiger partial charge in [0, 0.05) is 45.3 Å². The molecule has 0 aromatic heterocycles. The first-order valence-electron chi connectivity index (χ1n) is 7.30. The third kappa shape index (κ3) is 5.84. The van der Waals surface area contributed by atoms with Gasteiger partial charge in [0.15, 0.2) is 0 Å².